The Balaban J connectivity index is 2.53. The molecule has 1 aromatic carbocycles. The fourth-order valence-corrected chi connectivity index (χ4v) is 2.23. The van der Waals surface area contributed by atoms with Gasteiger partial charge in [-0.1, -0.05) is 18.2 Å². The van der Waals surface area contributed by atoms with E-state index in [9.17, 15) is 0 Å². The number of aliphatic hydroxyl groups excluding tert-OH is 1. The van der Waals surface area contributed by atoms with Crippen LogP contribution in [0.2, 0.25) is 0 Å². The van der Waals surface area contributed by atoms with Crippen LogP contribution in [-0.2, 0) is 6.54 Å². The van der Waals surface area contributed by atoms with Gasteiger partial charge in [-0.25, -0.2) is 4.98 Å². The molecule has 0 aliphatic rings. The molecule has 94 valence electrons. The van der Waals surface area contributed by atoms with Gasteiger partial charge in [-0.05, 0) is 6.07 Å². The second-order valence-electron chi connectivity index (χ2n) is 4.16. The first-order valence-corrected chi connectivity index (χ1v) is 5.83. The maximum atomic E-state index is 9.12. The molecule has 0 bridgehead atoms. The Morgan fingerprint density at radius 1 is 1.42 bits per heavy atom. The molecular formula is C13H11N5O. The van der Waals surface area contributed by atoms with Crippen LogP contribution in [0.15, 0.2) is 24.3 Å². The van der Waals surface area contributed by atoms with Crippen LogP contribution < -0.4 is 5.49 Å². The van der Waals surface area contributed by atoms with Crippen molar-refractivity contribution >= 4 is 22.1 Å². The third-order valence-corrected chi connectivity index (χ3v) is 3.08. The third-order valence-electron chi connectivity index (χ3n) is 3.08. The van der Waals surface area contributed by atoms with E-state index in [1.165, 1.54) is 0 Å². The number of nitrogens with zero attached hydrogens (tertiary/aromatic N) is 3. The van der Waals surface area contributed by atoms with Gasteiger partial charge in [0.1, 0.15) is 17.2 Å². The predicted octanol–water partition coefficient (Wildman–Crippen LogP) is 0.861. The largest absolute Gasteiger partial charge is 0.395 e. The maximum Gasteiger partial charge on any atom is 0.183 e. The molecule has 0 aliphatic heterocycles. The highest BCUT2D eigenvalue weighted by molar-refractivity contribution is 6.03. The molecule has 2 aromatic heterocycles. The van der Waals surface area contributed by atoms with Gasteiger partial charge in [0.05, 0.1) is 6.61 Å². The summed E-state index contributed by atoms with van der Waals surface area (Å²) >= 11 is 0. The minimum Gasteiger partial charge on any atom is -0.395 e. The predicted molar refractivity (Wildman–Crippen MR) is 69.2 cm³/mol. The zero-order valence-corrected chi connectivity index (χ0v) is 10.0. The first-order valence-electron chi connectivity index (χ1n) is 5.83. The molecular weight excluding hydrogens is 242 g/mol. The zero-order chi connectivity index (χ0) is 13.4. The normalized spacial score (nSPS) is 10.9. The highest BCUT2D eigenvalue weighted by atomic mass is 16.3. The summed E-state index contributed by atoms with van der Waals surface area (Å²) in [4.78, 5) is 7.43. The summed E-state index contributed by atoms with van der Waals surface area (Å²) in [5.41, 5.74) is 2.27. The fourth-order valence-electron chi connectivity index (χ4n) is 2.23. The third kappa shape index (κ3) is 1.60. The van der Waals surface area contributed by atoms with E-state index in [4.69, 9.17) is 15.8 Å². The van der Waals surface area contributed by atoms with Crippen LogP contribution >= 0.6 is 0 Å². The van der Waals surface area contributed by atoms with Crippen molar-refractivity contribution in [2.75, 3.05) is 6.61 Å². The number of hydrogen-bond donors (Lipinski definition) is 3. The second-order valence-corrected chi connectivity index (χ2v) is 4.16. The number of aromatic nitrogens is 3. The van der Waals surface area contributed by atoms with Crippen LogP contribution in [-0.4, -0.2) is 26.2 Å². The molecule has 0 unspecified atom stereocenters. The second kappa shape index (κ2) is 4.23. The van der Waals surface area contributed by atoms with Crippen molar-refractivity contribution in [3.63, 3.8) is 0 Å². The van der Waals surface area contributed by atoms with Crippen LogP contribution in [0.3, 0.4) is 0 Å². The lowest BCUT2D eigenvalue weighted by Gasteiger charge is -2.07. The first kappa shape index (κ1) is 11.4. The zero-order valence-electron chi connectivity index (χ0n) is 10.0. The summed E-state index contributed by atoms with van der Waals surface area (Å²) < 4.78 is 1.57. The molecule has 0 amide bonds. The van der Waals surface area contributed by atoms with Gasteiger partial charge in [0.15, 0.2) is 11.2 Å². The van der Waals surface area contributed by atoms with Crippen LogP contribution in [0, 0.1) is 16.7 Å². The van der Waals surface area contributed by atoms with Crippen molar-refractivity contribution in [3.8, 4) is 6.07 Å². The number of nitrogens with one attached hydrogen (secondary N) is 2. The number of aromatic amines is 1. The number of para-hydroxylation sites is 1. The van der Waals surface area contributed by atoms with Crippen molar-refractivity contribution in [3.05, 3.63) is 35.4 Å². The van der Waals surface area contributed by atoms with Crippen LogP contribution in [0.1, 0.15) is 5.69 Å². The van der Waals surface area contributed by atoms with Gasteiger partial charge < -0.3 is 14.7 Å². The monoisotopic (exact) mass is 253 g/mol. The van der Waals surface area contributed by atoms with E-state index in [-0.39, 0.29) is 24.3 Å². The molecule has 3 N–H and O–H groups in total. The number of nitriles is 1. The minimum atomic E-state index is -0.101. The van der Waals surface area contributed by atoms with E-state index in [1.807, 2.05) is 30.3 Å². The minimum absolute atomic E-state index is 0.00982. The van der Waals surface area contributed by atoms with E-state index >= 15 is 0 Å². The number of benzene rings is 1. The number of H-pyrrole nitrogens is 1. The lowest BCUT2D eigenvalue weighted by atomic mass is 10.2. The molecule has 0 aliphatic carbocycles. The van der Waals surface area contributed by atoms with Crippen molar-refractivity contribution in [1.29, 1.82) is 10.7 Å². The van der Waals surface area contributed by atoms with E-state index in [1.54, 1.807) is 4.57 Å². The van der Waals surface area contributed by atoms with E-state index in [2.05, 4.69) is 9.97 Å². The van der Waals surface area contributed by atoms with Gasteiger partial charge in [-0.3, -0.25) is 5.41 Å². The van der Waals surface area contributed by atoms with Crippen molar-refractivity contribution in [2.45, 2.75) is 6.54 Å². The molecule has 6 heteroatoms. The standard InChI is InChI=1S/C13H11N5O/c14-7-10-12(15)18(5-6-19)13-11(16-10)8-3-1-2-4-9(8)17-13/h1-4,15,17,19H,5-6H2. The van der Waals surface area contributed by atoms with Crippen LogP contribution in [0.4, 0.5) is 0 Å². The summed E-state index contributed by atoms with van der Waals surface area (Å²) in [5, 5.41) is 27.0. The van der Waals surface area contributed by atoms with Gasteiger partial charge in [0.2, 0.25) is 0 Å². The SMILES string of the molecule is N#Cc1nc2c3ccccc3[nH]c2n(CCO)c1=N. The van der Waals surface area contributed by atoms with E-state index in [0.717, 1.165) is 10.9 Å². The molecule has 0 saturated carbocycles. The van der Waals surface area contributed by atoms with Gasteiger partial charge >= 0.3 is 0 Å². The number of fused-ring (bicyclic) bond motifs is 3. The Morgan fingerprint density at radius 3 is 2.95 bits per heavy atom. The van der Waals surface area contributed by atoms with Crippen molar-refractivity contribution in [1.82, 2.24) is 14.5 Å². The number of hydrogen-bond acceptors (Lipinski definition) is 4. The highest BCUT2D eigenvalue weighted by Gasteiger charge is 2.12. The Bertz CT molecular complexity index is 868. The fraction of sp³-hybridized carbons (Fsp3) is 0.154. The Morgan fingerprint density at radius 2 is 2.21 bits per heavy atom. The smallest absolute Gasteiger partial charge is 0.183 e. The van der Waals surface area contributed by atoms with E-state index < -0.39 is 0 Å². The van der Waals surface area contributed by atoms with Crippen LogP contribution in [0.5, 0.6) is 0 Å². The number of aliphatic hydroxyl groups is 1. The molecule has 19 heavy (non-hydrogen) atoms. The molecule has 0 atom stereocenters. The summed E-state index contributed by atoms with van der Waals surface area (Å²) in [6.07, 6.45) is 0. The lowest BCUT2D eigenvalue weighted by Crippen LogP contribution is -2.26. The topological polar surface area (TPSA) is 101 Å². The molecule has 3 rings (SSSR count). The summed E-state index contributed by atoms with van der Waals surface area (Å²) in [7, 11) is 0. The van der Waals surface area contributed by atoms with Crippen LogP contribution in [0.25, 0.3) is 22.1 Å². The molecule has 2 heterocycles. The molecule has 0 radical (unpaired) electrons. The molecule has 3 aromatic rings. The van der Waals surface area contributed by atoms with Gasteiger partial charge in [0.25, 0.3) is 0 Å². The van der Waals surface area contributed by atoms with Crippen molar-refractivity contribution in [2.24, 2.45) is 0 Å². The van der Waals surface area contributed by atoms with Gasteiger partial charge in [0, 0.05) is 17.4 Å². The Kier molecular flexibility index (Phi) is 2.54. The molecule has 6 nitrogen and oxygen atoms in total. The van der Waals surface area contributed by atoms with Gasteiger partial charge in [-0.2, -0.15) is 5.26 Å². The highest BCUT2D eigenvalue weighted by Crippen LogP contribution is 2.22. The average molecular weight is 253 g/mol. The number of rotatable bonds is 2. The quantitative estimate of drug-likeness (QED) is 0.631. The first-order chi connectivity index (χ1) is 9.26. The molecule has 0 spiro atoms. The molecule has 0 fully saturated rings. The van der Waals surface area contributed by atoms with E-state index in [0.29, 0.717) is 11.2 Å². The summed E-state index contributed by atoms with van der Waals surface area (Å²) in [5.74, 6) is 0. The van der Waals surface area contributed by atoms with Crippen molar-refractivity contribution < 1.29 is 5.11 Å². The maximum absolute atomic E-state index is 9.12. The Labute approximate surface area is 108 Å². The average Bonchev–Trinajstić information content (AvgIpc) is 2.80. The molecule has 0 saturated heterocycles. The summed E-state index contributed by atoms with van der Waals surface area (Å²) in [6.45, 7) is 0.148. The summed E-state index contributed by atoms with van der Waals surface area (Å²) in [6, 6.07) is 9.55. The Hall–Kier alpha value is -2.65. The lowest BCUT2D eigenvalue weighted by molar-refractivity contribution is 0.275. The van der Waals surface area contributed by atoms with Gasteiger partial charge in [-0.15, -0.1) is 0 Å².